The van der Waals surface area contributed by atoms with Crippen molar-refractivity contribution in [1.82, 2.24) is 42.1 Å². The normalized spacial score (nSPS) is 16.8. The predicted molar refractivity (Wildman–Crippen MR) is 253 cm³/mol. The third-order valence-corrected chi connectivity index (χ3v) is 11.8. The van der Waals surface area contributed by atoms with Gasteiger partial charge in [-0.25, -0.2) is 4.79 Å². The van der Waals surface area contributed by atoms with Crippen LogP contribution in [0.5, 0.6) is 0 Å². The van der Waals surface area contributed by atoms with Gasteiger partial charge in [0.2, 0.25) is 53.2 Å². The van der Waals surface area contributed by atoms with Crippen molar-refractivity contribution < 1.29 is 83.1 Å². The zero-order valence-electron chi connectivity index (χ0n) is 40.6. The van der Waals surface area contributed by atoms with Crippen LogP contribution in [0, 0.1) is 5.92 Å². The predicted octanol–water partition coefficient (Wildman–Crippen LogP) is -5.60. The zero-order valence-corrected chi connectivity index (χ0v) is 40.6. The molecule has 0 unspecified atom stereocenters. The number of carboxylic acids is 3. The lowest BCUT2D eigenvalue weighted by Crippen LogP contribution is -2.61. The summed E-state index contributed by atoms with van der Waals surface area (Å²) in [7, 11) is 0. The maximum Gasteiger partial charge on any atom is 0.326 e. The molecule has 0 bridgehead atoms. The number of nitrogens with one attached hydrogen (secondary N) is 7. The van der Waals surface area contributed by atoms with E-state index < -0.39 is 164 Å². The highest BCUT2D eigenvalue weighted by atomic mass is 16.4. The first-order chi connectivity index (χ1) is 34.5. The largest absolute Gasteiger partial charge is 0.481 e. The van der Waals surface area contributed by atoms with Crippen molar-refractivity contribution in [2.75, 3.05) is 26.3 Å². The summed E-state index contributed by atoms with van der Waals surface area (Å²) in [6.45, 7) is 1.47. The summed E-state index contributed by atoms with van der Waals surface area (Å²) in [6, 6.07) is -6.09. The molecule has 1 aliphatic rings. The topological polar surface area (TPSA) is 471 Å². The molecule has 28 nitrogen and oxygen atoms in total. The van der Waals surface area contributed by atoms with Crippen LogP contribution in [0.3, 0.4) is 0 Å². The third kappa shape index (κ3) is 20.8. The molecular formula is C45H69N11O17. The second-order valence-corrected chi connectivity index (χ2v) is 17.4. The number of carbonyl (C=O) groups excluding carboxylic acids is 9. The Morgan fingerprint density at radius 1 is 0.644 bits per heavy atom. The number of likely N-dealkylation sites (tertiary alicyclic amines) is 1. The molecule has 9 amide bonds. The number of benzene rings is 1. The van der Waals surface area contributed by atoms with Crippen molar-refractivity contribution in [2.24, 2.45) is 23.1 Å². The minimum absolute atomic E-state index is 0.0351. The number of hydrogen-bond donors (Lipinski definition) is 15. The van der Waals surface area contributed by atoms with E-state index in [0.717, 1.165) is 4.90 Å². The molecule has 73 heavy (non-hydrogen) atoms. The van der Waals surface area contributed by atoms with Gasteiger partial charge in [-0.05, 0) is 56.6 Å². The summed E-state index contributed by atoms with van der Waals surface area (Å²) < 4.78 is 0. The van der Waals surface area contributed by atoms with Crippen molar-refractivity contribution >= 4 is 71.1 Å². The van der Waals surface area contributed by atoms with Crippen LogP contribution >= 0.6 is 0 Å². The van der Waals surface area contributed by atoms with Crippen molar-refractivity contribution in [3.05, 3.63) is 35.9 Å². The van der Waals surface area contributed by atoms with Crippen LogP contribution in [0.15, 0.2) is 30.3 Å². The molecule has 1 aromatic carbocycles. The van der Waals surface area contributed by atoms with E-state index in [0.29, 0.717) is 18.4 Å². The molecule has 1 heterocycles. The zero-order chi connectivity index (χ0) is 54.9. The van der Waals surface area contributed by atoms with Gasteiger partial charge in [0.1, 0.15) is 48.3 Å². The lowest BCUT2D eigenvalue weighted by Gasteiger charge is -2.31. The Morgan fingerprint density at radius 3 is 1.70 bits per heavy atom. The molecule has 28 heteroatoms. The molecule has 0 saturated carbocycles. The average molecular weight is 1040 g/mol. The fourth-order valence-electron chi connectivity index (χ4n) is 7.43. The van der Waals surface area contributed by atoms with Gasteiger partial charge < -0.3 is 84.9 Å². The maximum absolute atomic E-state index is 14.3. The summed E-state index contributed by atoms with van der Waals surface area (Å²) in [5.41, 5.74) is 17.3. The molecule has 0 radical (unpaired) electrons. The lowest BCUT2D eigenvalue weighted by molar-refractivity contribution is -0.145. The molecule has 1 fully saturated rings. The van der Waals surface area contributed by atoms with E-state index in [2.05, 4.69) is 37.2 Å². The summed E-state index contributed by atoms with van der Waals surface area (Å²) in [6.07, 6.45) is -2.23. The van der Waals surface area contributed by atoms with Gasteiger partial charge in [-0.3, -0.25) is 52.7 Å². The number of hydrogen-bond acceptors (Lipinski definition) is 16. The van der Waals surface area contributed by atoms with E-state index in [1.807, 2.05) is 0 Å². The van der Waals surface area contributed by atoms with Crippen LogP contribution in [0.1, 0.15) is 83.6 Å². The molecule has 18 N–H and O–H groups in total. The molecule has 0 aliphatic carbocycles. The van der Waals surface area contributed by atoms with Crippen LogP contribution in [0.2, 0.25) is 0 Å². The molecule has 1 saturated heterocycles. The van der Waals surface area contributed by atoms with E-state index >= 15 is 0 Å². The number of aliphatic hydroxyl groups excluding tert-OH is 2. The SMILES string of the molecule is CC[C@H](C)[C@H](N)C(=O)N[C@@H](CO)C(=O)N[C@@H](CO)C(=O)N[C@@H](CCC(=O)O)C(=O)N[C@@H](CC(=O)O)C(=O)N[C@@H](CCCCN)C(=O)N1CCC[C@H]1C(=O)N[C@@H](Cc1ccccc1)C(=O)N[C@@H](CC(N)=O)C(=O)O. The molecule has 0 aromatic heterocycles. The van der Waals surface area contributed by atoms with Gasteiger partial charge in [-0.15, -0.1) is 0 Å². The van der Waals surface area contributed by atoms with Gasteiger partial charge in [0.25, 0.3) is 0 Å². The first-order valence-corrected chi connectivity index (χ1v) is 23.6. The van der Waals surface area contributed by atoms with E-state index in [-0.39, 0.29) is 51.1 Å². The minimum Gasteiger partial charge on any atom is -0.481 e. The van der Waals surface area contributed by atoms with Crippen molar-refractivity contribution in [1.29, 1.82) is 0 Å². The number of nitrogens with zero attached hydrogens (tertiary/aromatic N) is 1. The highest BCUT2D eigenvalue weighted by Crippen LogP contribution is 2.21. The molecular weight excluding hydrogens is 967 g/mol. The maximum atomic E-state index is 14.3. The second-order valence-electron chi connectivity index (χ2n) is 17.4. The lowest BCUT2D eigenvalue weighted by atomic mass is 9.99. The number of amides is 9. The average Bonchev–Trinajstić information content (AvgIpc) is 3.84. The van der Waals surface area contributed by atoms with Gasteiger partial charge in [0, 0.05) is 19.4 Å². The van der Waals surface area contributed by atoms with Gasteiger partial charge >= 0.3 is 17.9 Å². The Balaban J connectivity index is 2.37. The summed E-state index contributed by atoms with van der Waals surface area (Å²) in [5.74, 6) is -14.4. The van der Waals surface area contributed by atoms with Gasteiger partial charge in [0.15, 0.2) is 0 Å². The van der Waals surface area contributed by atoms with E-state index in [4.69, 9.17) is 17.2 Å². The number of carbonyl (C=O) groups is 12. The Bertz CT molecular complexity index is 2120. The fourth-order valence-corrected chi connectivity index (χ4v) is 7.43. The molecule has 2 rings (SSSR count). The highest BCUT2D eigenvalue weighted by molar-refractivity contribution is 5.99. The second kappa shape index (κ2) is 31.2. The van der Waals surface area contributed by atoms with Crippen LogP contribution in [-0.4, -0.2) is 182 Å². The first kappa shape index (κ1) is 61.8. The third-order valence-electron chi connectivity index (χ3n) is 11.8. The standard InChI is InChI=1S/C45H69N11O17/c1-3-23(2)36(48)43(70)55-31(22-58)41(68)54-30(21-57)40(67)49-25(14-15-34(60)61)37(64)51-28(20-35(62)63)39(66)50-26(12-7-8-16-46)44(71)56-17-9-13-32(56)42(69)52-27(18-24-10-5-4-6-11-24)38(65)53-29(45(72)73)19-33(47)59/h4-6,10-11,23,25-32,36,57-58H,3,7-9,12-22,46,48H2,1-2H3,(H2,47,59)(H,49,67)(H,50,66)(H,51,64)(H,52,69)(H,53,65)(H,54,68)(H,55,70)(H,60,61)(H,62,63)(H,72,73)/t23-,25-,26-,27-,28-,29-,30-,31-,32-,36-/m0/s1. The van der Waals surface area contributed by atoms with E-state index in [1.54, 1.807) is 44.2 Å². The Kier molecular flexibility index (Phi) is 26.4. The van der Waals surface area contributed by atoms with Crippen LogP contribution in [0.25, 0.3) is 0 Å². The Labute approximate surface area is 419 Å². The number of aliphatic hydroxyl groups is 2. The Morgan fingerprint density at radius 2 is 1.16 bits per heavy atom. The first-order valence-electron chi connectivity index (χ1n) is 23.6. The molecule has 0 spiro atoms. The molecule has 1 aliphatic heterocycles. The van der Waals surface area contributed by atoms with Gasteiger partial charge in [0.05, 0.1) is 32.1 Å². The number of rotatable bonds is 33. The highest BCUT2D eigenvalue weighted by Gasteiger charge is 2.41. The summed E-state index contributed by atoms with van der Waals surface area (Å²) >= 11 is 0. The van der Waals surface area contributed by atoms with Crippen molar-refractivity contribution in [3.63, 3.8) is 0 Å². The molecule has 1 aromatic rings. The number of nitrogens with two attached hydrogens (primary N) is 3. The van der Waals surface area contributed by atoms with Gasteiger partial charge in [-0.1, -0.05) is 50.6 Å². The van der Waals surface area contributed by atoms with Crippen LogP contribution < -0.4 is 54.4 Å². The summed E-state index contributed by atoms with van der Waals surface area (Å²) in [4.78, 5) is 157. The fraction of sp³-hybridized carbons (Fsp3) is 0.600. The molecule has 10 atom stereocenters. The number of unbranched alkanes of at least 4 members (excludes halogenated alkanes) is 1. The van der Waals surface area contributed by atoms with Crippen LogP contribution in [-0.2, 0) is 64.0 Å². The quantitative estimate of drug-likeness (QED) is 0.0292. The Hall–Kier alpha value is -7.30. The van der Waals surface area contributed by atoms with E-state index in [9.17, 15) is 83.1 Å². The molecule has 406 valence electrons. The van der Waals surface area contributed by atoms with Crippen molar-refractivity contribution in [2.45, 2.75) is 139 Å². The monoisotopic (exact) mass is 1040 g/mol. The smallest absolute Gasteiger partial charge is 0.326 e. The number of aliphatic carboxylic acids is 3. The summed E-state index contributed by atoms with van der Waals surface area (Å²) in [5, 5.41) is 64.4. The number of carboxylic acid groups (broad SMARTS) is 3. The van der Waals surface area contributed by atoms with Crippen molar-refractivity contribution in [3.8, 4) is 0 Å². The van der Waals surface area contributed by atoms with Crippen LogP contribution in [0.4, 0.5) is 0 Å². The minimum atomic E-state index is -2.00. The van der Waals surface area contributed by atoms with E-state index in [1.165, 1.54) is 0 Å². The van der Waals surface area contributed by atoms with Gasteiger partial charge in [-0.2, -0.15) is 0 Å². The number of primary amides is 1.